The molecule has 2 aromatic rings. The average Bonchev–Trinajstić information content (AvgIpc) is 2.82. The summed E-state index contributed by atoms with van der Waals surface area (Å²) in [5, 5.41) is 10.4. The second kappa shape index (κ2) is 5.15. The van der Waals surface area contributed by atoms with Gasteiger partial charge in [0.25, 0.3) is 0 Å². The van der Waals surface area contributed by atoms with Gasteiger partial charge in [0.15, 0.2) is 0 Å². The molecular formula is C14H19N3. The molecule has 1 aromatic carbocycles. The van der Waals surface area contributed by atoms with Crippen LogP contribution in [0.25, 0.3) is 0 Å². The van der Waals surface area contributed by atoms with Crippen LogP contribution in [0.1, 0.15) is 35.3 Å². The maximum absolute atomic E-state index is 3.93. The molecule has 0 radical (unpaired) electrons. The topological polar surface area (TPSA) is 40.7 Å². The highest BCUT2D eigenvalue weighted by molar-refractivity contribution is 5.31. The number of hydrogen-bond acceptors (Lipinski definition) is 2. The van der Waals surface area contributed by atoms with E-state index in [9.17, 15) is 0 Å². The van der Waals surface area contributed by atoms with Gasteiger partial charge in [-0.1, -0.05) is 18.2 Å². The van der Waals surface area contributed by atoms with Crippen molar-refractivity contribution >= 4 is 0 Å². The Morgan fingerprint density at radius 2 is 2.06 bits per heavy atom. The zero-order valence-electron chi connectivity index (χ0n) is 10.6. The highest BCUT2D eigenvalue weighted by Crippen LogP contribution is 2.16. The standard InChI is InChI=1S/C14H19N3/c1-10-4-5-13(8-11(10)2)12(3)15-9-14-6-7-16-17-14/h4-8,12,15H,9H2,1-3H3,(H,16,17). The number of aromatic nitrogens is 2. The first-order chi connectivity index (χ1) is 8.16. The Bertz CT molecular complexity index is 474. The van der Waals surface area contributed by atoms with Crippen molar-refractivity contribution < 1.29 is 0 Å². The Kier molecular flexibility index (Phi) is 3.59. The molecular weight excluding hydrogens is 210 g/mol. The van der Waals surface area contributed by atoms with Gasteiger partial charge in [-0.15, -0.1) is 0 Å². The summed E-state index contributed by atoms with van der Waals surface area (Å²) >= 11 is 0. The lowest BCUT2D eigenvalue weighted by Crippen LogP contribution is -2.18. The predicted octanol–water partition coefficient (Wildman–Crippen LogP) is 2.88. The molecule has 0 fully saturated rings. The van der Waals surface area contributed by atoms with E-state index in [1.807, 2.05) is 6.07 Å². The lowest BCUT2D eigenvalue weighted by atomic mass is 10.0. The quantitative estimate of drug-likeness (QED) is 0.846. The van der Waals surface area contributed by atoms with Crippen LogP contribution in [-0.4, -0.2) is 10.2 Å². The number of nitrogens with zero attached hydrogens (tertiary/aromatic N) is 1. The van der Waals surface area contributed by atoms with Gasteiger partial charge >= 0.3 is 0 Å². The fourth-order valence-electron chi connectivity index (χ4n) is 1.80. The molecule has 1 unspecified atom stereocenters. The van der Waals surface area contributed by atoms with Gasteiger partial charge in [0.05, 0.1) is 0 Å². The smallest absolute Gasteiger partial charge is 0.0490 e. The predicted molar refractivity (Wildman–Crippen MR) is 69.8 cm³/mol. The van der Waals surface area contributed by atoms with Crippen LogP contribution in [-0.2, 0) is 6.54 Å². The van der Waals surface area contributed by atoms with Gasteiger partial charge in [-0.25, -0.2) is 0 Å². The van der Waals surface area contributed by atoms with Crippen molar-refractivity contribution in [1.82, 2.24) is 15.5 Å². The third-order valence-corrected chi connectivity index (χ3v) is 3.19. The first kappa shape index (κ1) is 11.9. The molecule has 2 N–H and O–H groups in total. The Morgan fingerprint density at radius 1 is 1.24 bits per heavy atom. The molecule has 1 heterocycles. The summed E-state index contributed by atoms with van der Waals surface area (Å²) in [6.45, 7) is 7.29. The summed E-state index contributed by atoms with van der Waals surface area (Å²) in [7, 11) is 0. The van der Waals surface area contributed by atoms with Crippen LogP contribution in [0.2, 0.25) is 0 Å². The van der Waals surface area contributed by atoms with E-state index in [-0.39, 0.29) is 0 Å². The molecule has 1 aromatic heterocycles. The molecule has 0 amide bonds. The Labute approximate surface area is 102 Å². The van der Waals surface area contributed by atoms with Crippen LogP contribution >= 0.6 is 0 Å². The van der Waals surface area contributed by atoms with E-state index in [1.165, 1.54) is 16.7 Å². The number of rotatable bonds is 4. The van der Waals surface area contributed by atoms with E-state index < -0.39 is 0 Å². The minimum Gasteiger partial charge on any atom is -0.305 e. The van der Waals surface area contributed by atoms with Gasteiger partial charge in [0, 0.05) is 24.5 Å². The molecule has 0 aliphatic carbocycles. The Hall–Kier alpha value is -1.61. The highest BCUT2D eigenvalue weighted by Gasteiger charge is 2.06. The summed E-state index contributed by atoms with van der Waals surface area (Å²) in [5.74, 6) is 0. The lowest BCUT2D eigenvalue weighted by Gasteiger charge is -2.15. The summed E-state index contributed by atoms with van der Waals surface area (Å²) in [4.78, 5) is 0. The minimum atomic E-state index is 0.345. The van der Waals surface area contributed by atoms with Gasteiger partial charge in [-0.3, -0.25) is 5.10 Å². The summed E-state index contributed by atoms with van der Waals surface area (Å²) in [6.07, 6.45) is 1.78. The van der Waals surface area contributed by atoms with E-state index in [0.29, 0.717) is 6.04 Å². The summed E-state index contributed by atoms with van der Waals surface area (Å²) in [5.41, 5.74) is 5.13. The van der Waals surface area contributed by atoms with Crippen LogP contribution in [0, 0.1) is 13.8 Å². The van der Waals surface area contributed by atoms with Crippen LogP contribution in [0.5, 0.6) is 0 Å². The van der Waals surface area contributed by atoms with Crippen LogP contribution in [0.15, 0.2) is 30.5 Å². The maximum atomic E-state index is 3.93. The molecule has 1 atom stereocenters. The van der Waals surface area contributed by atoms with Crippen LogP contribution in [0.3, 0.4) is 0 Å². The maximum Gasteiger partial charge on any atom is 0.0490 e. The zero-order chi connectivity index (χ0) is 12.3. The zero-order valence-corrected chi connectivity index (χ0v) is 10.6. The van der Waals surface area contributed by atoms with Crippen molar-refractivity contribution in [3.63, 3.8) is 0 Å². The molecule has 90 valence electrons. The fourth-order valence-corrected chi connectivity index (χ4v) is 1.80. The largest absolute Gasteiger partial charge is 0.305 e. The Balaban J connectivity index is 1.99. The number of hydrogen-bond donors (Lipinski definition) is 2. The van der Waals surface area contributed by atoms with Crippen molar-refractivity contribution in [3.8, 4) is 0 Å². The van der Waals surface area contributed by atoms with Crippen molar-refractivity contribution in [1.29, 1.82) is 0 Å². The minimum absolute atomic E-state index is 0.345. The SMILES string of the molecule is Cc1ccc(C(C)NCc2ccn[nH]2)cc1C. The first-order valence-electron chi connectivity index (χ1n) is 5.95. The third-order valence-electron chi connectivity index (χ3n) is 3.19. The van der Waals surface area contributed by atoms with Crippen molar-refractivity contribution in [3.05, 3.63) is 52.8 Å². The second-order valence-electron chi connectivity index (χ2n) is 4.53. The Morgan fingerprint density at radius 3 is 2.71 bits per heavy atom. The average molecular weight is 229 g/mol. The van der Waals surface area contributed by atoms with Crippen LogP contribution in [0.4, 0.5) is 0 Å². The van der Waals surface area contributed by atoms with Crippen molar-refractivity contribution in [2.24, 2.45) is 0 Å². The van der Waals surface area contributed by atoms with Gasteiger partial charge in [0.2, 0.25) is 0 Å². The molecule has 0 saturated heterocycles. The number of aryl methyl sites for hydroxylation is 2. The normalized spacial score (nSPS) is 12.6. The monoisotopic (exact) mass is 229 g/mol. The molecule has 0 aliphatic rings. The van der Waals surface area contributed by atoms with E-state index in [2.05, 4.69) is 54.5 Å². The van der Waals surface area contributed by atoms with Crippen molar-refractivity contribution in [2.45, 2.75) is 33.4 Å². The second-order valence-corrected chi connectivity index (χ2v) is 4.53. The van der Waals surface area contributed by atoms with E-state index >= 15 is 0 Å². The summed E-state index contributed by atoms with van der Waals surface area (Å²) in [6, 6.07) is 8.95. The number of nitrogens with one attached hydrogen (secondary N) is 2. The van der Waals surface area contributed by atoms with Crippen molar-refractivity contribution in [2.75, 3.05) is 0 Å². The van der Waals surface area contributed by atoms with Gasteiger partial charge in [0.1, 0.15) is 0 Å². The van der Waals surface area contributed by atoms with Crippen LogP contribution < -0.4 is 5.32 Å². The molecule has 0 saturated carbocycles. The lowest BCUT2D eigenvalue weighted by molar-refractivity contribution is 0.566. The molecule has 3 nitrogen and oxygen atoms in total. The first-order valence-corrected chi connectivity index (χ1v) is 5.95. The number of benzene rings is 1. The van der Waals surface area contributed by atoms with E-state index in [4.69, 9.17) is 0 Å². The fraction of sp³-hybridized carbons (Fsp3) is 0.357. The molecule has 17 heavy (non-hydrogen) atoms. The third kappa shape index (κ3) is 2.94. The highest BCUT2D eigenvalue weighted by atomic mass is 15.1. The van der Waals surface area contributed by atoms with E-state index in [1.54, 1.807) is 6.20 Å². The molecule has 0 bridgehead atoms. The number of aromatic amines is 1. The molecule has 3 heteroatoms. The van der Waals surface area contributed by atoms with Gasteiger partial charge in [-0.2, -0.15) is 5.10 Å². The molecule has 2 rings (SSSR count). The molecule has 0 spiro atoms. The van der Waals surface area contributed by atoms with E-state index in [0.717, 1.165) is 12.2 Å². The summed E-state index contributed by atoms with van der Waals surface area (Å²) < 4.78 is 0. The van der Waals surface area contributed by atoms with Gasteiger partial charge in [-0.05, 0) is 43.5 Å². The number of H-pyrrole nitrogens is 1. The van der Waals surface area contributed by atoms with Gasteiger partial charge < -0.3 is 5.32 Å². The molecule has 0 aliphatic heterocycles.